The molecule has 0 amide bonds. The van der Waals surface area contributed by atoms with Crippen molar-refractivity contribution in [3.8, 4) is 0 Å². The Bertz CT molecular complexity index is 1810. The summed E-state index contributed by atoms with van der Waals surface area (Å²) in [7, 11) is 0. The van der Waals surface area contributed by atoms with Crippen molar-refractivity contribution in [2.45, 2.75) is 284 Å². The van der Waals surface area contributed by atoms with Gasteiger partial charge in [-0.1, -0.05) is 288 Å². The van der Waals surface area contributed by atoms with E-state index in [0.717, 1.165) is 161 Å². The van der Waals surface area contributed by atoms with Gasteiger partial charge in [-0.05, 0) is 128 Å². The molecule has 0 aromatic heterocycles. The van der Waals surface area contributed by atoms with Gasteiger partial charge < -0.3 is 14.2 Å². The SMILES string of the molecule is CC/C=C\C/C=C\C/C=C\C/C=C\C/C=C\C/C=C\C/C=C\CCCCCCCCCCCC(=O)OCC(COC(=O)CCCCCCCCCCC)OC(=O)CCCCCC/C=C\C/C=C\C/C=C\C/C=C\C/C=C\C/C=C\CC. The Balaban J connectivity index is 4.29. The van der Waals surface area contributed by atoms with Gasteiger partial charge in [-0.3, -0.25) is 14.4 Å². The quantitative estimate of drug-likeness (QED) is 0.0261. The van der Waals surface area contributed by atoms with Crippen LogP contribution >= 0.6 is 0 Å². The minimum atomic E-state index is -0.800. The number of carbonyl (C=O) groups excluding carboxylic acids is 3. The van der Waals surface area contributed by atoms with Crippen LogP contribution in [-0.4, -0.2) is 37.2 Å². The standard InChI is InChI=1S/C75H120O6/c1-4-7-10-13-16-19-21-23-25-27-29-31-33-34-35-36-37-38-39-40-42-43-45-47-49-51-53-56-59-62-65-68-74(77)80-71-72(70-79-73(76)67-64-61-58-55-18-15-12-9-6-3)81-75(78)69-66-63-60-57-54-52-50-48-46-44-41-32-30-28-26-24-22-20-17-14-11-8-5-2/h7-8,10-11,16-17,19-20,23-26,29-32,34-35,37-38,40,42,44,46,50,52,72H,4-6,9,12-15,18,21-22,27-28,33,36,39,41,43,45,47-49,51,53-71H2,1-3H3/b10-7-,11-8-,19-16-,20-17-,25-23-,26-24-,31-29-,32-30-,35-34-,38-37-,42-40-,46-44-,52-50-. The predicted molar refractivity (Wildman–Crippen MR) is 352 cm³/mol. The minimum Gasteiger partial charge on any atom is -0.462 e. The van der Waals surface area contributed by atoms with E-state index in [4.69, 9.17) is 14.2 Å². The zero-order valence-electron chi connectivity index (χ0n) is 52.2. The van der Waals surface area contributed by atoms with Crippen molar-refractivity contribution in [3.63, 3.8) is 0 Å². The molecule has 0 aliphatic carbocycles. The van der Waals surface area contributed by atoms with Gasteiger partial charge in [-0.15, -0.1) is 0 Å². The number of unbranched alkanes of at least 4 members (excludes halogenated alkanes) is 21. The molecule has 81 heavy (non-hydrogen) atoms. The highest BCUT2D eigenvalue weighted by atomic mass is 16.6. The van der Waals surface area contributed by atoms with Crippen molar-refractivity contribution in [2.24, 2.45) is 0 Å². The van der Waals surface area contributed by atoms with E-state index in [0.29, 0.717) is 19.3 Å². The molecule has 0 bridgehead atoms. The maximum atomic E-state index is 12.9. The molecule has 0 aliphatic rings. The third-order valence-corrected chi connectivity index (χ3v) is 13.5. The number of carbonyl (C=O) groups is 3. The molecule has 0 fully saturated rings. The fraction of sp³-hybridized carbons (Fsp3) is 0.613. The highest BCUT2D eigenvalue weighted by molar-refractivity contribution is 5.71. The molecule has 0 aromatic rings. The van der Waals surface area contributed by atoms with Gasteiger partial charge in [-0.2, -0.15) is 0 Å². The predicted octanol–water partition coefficient (Wildman–Crippen LogP) is 22.9. The highest BCUT2D eigenvalue weighted by Crippen LogP contribution is 2.15. The molecule has 0 aliphatic heterocycles. The topological polar surface area (TPSA) is 78.9 Å². The number of hydrogen-bond donors (Lipinski definition) is 0. The maximum Gasteiger partial charge on any atom is 0.306 e. The molecule has 6 nitrogen and oxygen atoms in total. The second-order valence-electron chi connectivity index (χ2n) is 21.3. The lowest BCUT2D eigenvalue weighted by Gasteiger charge is -2.18. The Morgan fingerprint density at radius 2 is 0.481 bits per heavy atom. The monoisotopic (exact) mass is 1120 g/mol. The van der Waals surface area contributed by atoms with Crippen LogP contribution in [0.25, 0.3) is 0 Å². The van der Waals surface area contributed by atoms with Crippen LogP contribution in [-0.2, 0) is 28.6 Å². The fourth-order valence-corrected chi connectivity index (χ4v) is 8.66. The minimum absolute atomic E-state index is 0.0942. The molecular formula is C75H120O6. The number of ether oxygens (including phenoxy) is 3. The summed E-state index contributed by atoms with van der Waals surface area (Å²) in [6, 6.07) is 0. The van der Waals surface area contributed by atoms with Gasteiger partial charge in [-0.25, -0.2) is 0 Å². The Labute approximate surface area is 499 Å². The summed E-state index contributed by atoms with van der Waals surface area (Å²) in [6.45, 7) is 6.37. The summed E-state index contributed by atoms with van der Waals surface area (Å²) in [5, 5.41) is 0. The third kappa shape index (κ3) is 65.7. The zero-order chi connectivity index (χ0) is 58.5. The number of rotatable bonds is 58. The van der Waals surface area contributed by atoms with Crippen molar-refractivity contribution in [2.75, 3.05) is 13.2 Å². The second kappa shape index (κ2) is 67.5. The van der Waals surface area contributed by atoms with Crippen molar-refractivity contribution >= 4 is 17.9 Å². The summed E-state index contributed by atoms with van der Waals surface area (Å²) in [5.41, 5.74) is 0. The summed E-state index contributed by atoms with van der Waals surface area (Å²) < 4.78 is 16.9. The summed E-state index contributed by atoms with van der Waals surface area (Å²) in [5.74, 6) is -0.930. The molecule has 6 heteroatoms. The molecule has 0 N–H and O–H groups in total. The number of hydrogen-bond acceptors (Lipinski definition) is 6. The van der Waals surface area contributed by atoms with E-state index in [1.807, 2.05) is 0 Å². The molecule has 0 saturated heterocycles. The van der Waals surface area contributed by atoms with E-state index in [1.165, 1.54) is 77.0 Å². The number of esters is 3. The summed E-state index contributed by atoms with van der Waals surface area (Å²) >= 11 is 0. The largest absolute Gasteiger partial charge is 0.462 e. The average molecular weight is 1120 g/mol. The molecule has 0 saturated carbocycles. The van der Waals surface area contributed by atoms with Crippen LogP contribution in [0.1, 0.15) is 278 Å². The van der Waals surface area contributed by atoms with Crippen molar-refractivity contribution < 1.29 is 28.6 Å². The lowest BCUT2D eigenvalue weighted by molar-refractivity contribution is -0.167. The smallest absolute Gasteiger partial charge is 0.306 e. The molecule has 0 heterocycles. The van der Waals surface area contributed by atoms with Gasteiger partial charge in [0.25, 0.3) is 0 Å². The van der Waals surface area contributed by atoms with Crippen LogP contribution in [0.4, 0.5) is 0 Å². The second-order valence-corrected chi connectivity index (χ2v) is 21.3. The van der Waals surface area contributed by atoms with E-state index < -0.39 is 6.10 Å². The van der Waals surface area contributed by atoms with E-state index in [1.54, 1.807) is 0 Å². The van der Waals surface area contributed by atoms with Crippen molar-refractivity contribution in [3.05, 3.63) is 158 Å². The van der Waals surface area contributed by atoms with Crippen molar-refractivity contribution in [1.82, 2.24) is 0 Å². The van der Waals surface area contributed by atoms with Gasteiger partial charge in [0.15, 0.2) is 6.10 Å². The van der Waals surface area contributed by atoms with Crippen LogP contribution in [0.15, 0.2) is 158 Å². The first kappa shape index (κ1) is 76.0. The van der Waals surface area contributed by atoms with Crippen LogP contribution in [0.3, 0.4) is 0 Å². The van der Waals surface area contributed by atoms with Crippen molar-refractivity contribution in [1.29, 1.82) is 0 Å². The molecule has 0 rings (SSSR count). The maximum absolute atomic E-state index is 12.9. The molecule has 0 spiro atoms. The average Bonchev–Trinajstić information content (AvgIpc) is 3.47. The summed E-state index contributed by atoms with van der Waals surface area (Å²) in [4.78, 5) is 38.2. The number of allylic oxidation sites excluding steroid dienone is 26. The van der Waals surface area contributed by atoms with E-state index in [2.05, 4.69) is 179 Å². The Kier molecular flexibility index (Phi) is 63.4. The highest BCUT2D eigenvalue weighted by Gasteiger charge is 2.19. The van der Waals surface area contributed by atoms with Gasteiger partial charge >= 0.3 is 17.9 Å². The van der Waals surface area contributed by atoms with Crippen LogP contribution in [0.2, 0.25) is 0 Å². The van der Waals surface area contributed by atoms with Crippen LogP contribution in [0, 0.1) is 0 Å². The Morgan fingerprint density at radius 3 is 0.753 bits per heavy atom. The molecular weight excluding hydrogens is 997 g/mol. The van der Waals surface area contributed by atoms with Gasteiger partial charge in [0.2, 0.25) is 0 Å². The summed E-state index contributed by atoms with van der Waals surface area (Å²) in [6.07, 6.45) is 98.3. The van der Waals surface area contributed by atoms with Gasteiger partial charge in [0, 0.05) is 19.3 Å². The first-order chi connectivity index (χ1) is 40.0. The lowest BCUT2D eigenvalue weighted by atomic mass is 10.1. The molecule has 1 atom stereocenters. The Hall–Kier alpha value is -4.97. The molecule has 0 radical (unpaired) electrons. The first-order valence-corrected chi connectivity index (χ1v) is 33.0. The molecule has 0 aromatic carbocycles. The van der Waals surface area contributed by atoms with Crippen LogP contribution < -0.4 is 0 Å². The molecule has 456 valence electrons. The van der Waals surface area contributed by atoms with E-state index in [9.17, 15) is 14.4 Å². The lowest BCUT2D eigenvalue weighted by Crippen LogP contribution is -2.30. The van der Waals surface area contributed by atoms with Gasteiger partial charge in [0.05, 0.1) is 0 Å². The van der Waals surface area contributed by atoms with E-state index in [-0.39, 0.29) is 31.1 Å². The normalized spacial score (nSPS) is 13.2. The first-order valence-electron chi connectivity index (χ1n) is 33.0. The fourth-order valence-electron chi connectivity index (χ4n) is 8.66. The van der Waals surface area contributed by atoms with Gasteiger partial charge in [0.1, 0.15) is 13.2 Å². The van der Waals surface area contributed by atoms with E-state index >= 15 is 0 Å². The molecule has 1 unspecified atom stereocenters. The third-order valence-electron chi connectivity index (χ3n) is 13.5. The zero-order valence-corrected chi connectivity index (χ0v) is 52.2. The van der Waals surface area contributed by atoms with Crippen LogP contribution in [0.5, 0.6) is 0 Å². The Morgan fingerprint density at radius 1 is 0.259 bits per heavy atom.